The fourth-order valence-corrected chi connectivity index (χ4v) is 4.64. The molecule has 1 fully saturated rings. The number of hydrogen-bond donors (Lipinski definition) is 1. The summed E-state index contributed by atoms with van der Waals surface area (Å²) in [4.78, 5) is 28.3. The first-order valence-corrected chi connectivity index (χ1v) is 12.9. The van der Waals surface area contributed by atoms with Gasteiger partial charge < -0.3 is 10.2 Å². The molecule has 190 valence electrons. The Hall–Kier alpha value is -3.48. The van der Waals surface area contributed by atoms with Crippen LogP contribution in [0.15, 0.2) is 60.7 Å². The molecule has 1 N–H and O–H groups in total. The van der Waals surface area contributed by atoms with Crippen LogP contribution in [-0.4, -0.2) is 39.6 Å². The molecule has 0 atom stereocenters. The van der Waals surface area contributed by atoms with Crippen molar-refractivity contribution in [2.24, 2.45) is 11.8 Å². The van der Waals surface area contributed by atoms with Crippen molar-refractivity contribution in [2.75, 3.05) is 18.4 Å². The average Bonchev–Trinajstić information content (AvgIpc) is 3.31. The number of aromatic nitrogens is 2. The van der Waals surface area contributed by atoms with E-state index in [1.807, 2.05) is 30.3 Å². The van der Waals surface area contributed by atoms with E-state index in [9.17, 15) is 14.0 Å². The minimum absolute atomic E-state index is 0.00266. The Morgan fingerprint density at radius 2 is 1.75 bits per heavy atom. The number of carbonyl (C=O) groups excluding carboxylic acids is 2. The van der Waals surface area contributed by atoms with Gasteiger partial charge in [-0.3, -0.25) is 9.59 Å². The van der Waals surface area contributed by atoms with Crippen molar-refractivity contribution in [1.29, 1.82) is 0 Å². The largest absolute Gasteiger partial charge is 0.333 e. The molecule has 3 aromatic rings. The lowest BCUT2D eigenvalue weighted by molar-refractivity contribution is -0.139. The third-order valence-corrected chi connectivity index (χ3v) is 6.69. The first kappa shape index (κ1) is 25.6. The van der Waals surface area contributed by atoms with Gasteiger partial charge in [0.15, 0.2) is 0 Å². The van der Waals surface area contributed by atoms with E-state index < -0.39 is 0 Å². The van der Waals surface area contributed by atoms with E-state index in [0.717, 1.165) is 37.7 Å². The van der Waals surface area contributed by atoms with Gasteiger partial charge in [0.05, 0.1) is 17.9 Å². The van der Waals surface area contributed by atoms with E-state index >= 15 is 0 Å². The van der Waals surface area contributed by atoms with Crippen LogP contribution >= 0.6 is 0 Å². The highest BCUT2D eigenvalue weighted by Gasteiger charge is 2.27. The maximum atomic E-state index is 13.5. The quantitative estimate of drug-likeness (QED) is 0.396. The molecule has 4 rings (SSSR count). The molecule has 36 heavy (non-hydrogen) atoms. The zero-order chi connectivity index (χ0) is 25.5. The van der Waals surface area contributed by atoms with Crippen LogP contribution in [0.3, 0.4) is 0 Å². The highest BCUT2D eigenvalue weighted by atomic mass is 19.1. The molecule has 0 radical (unpaired) electrons. The summed E-state index contributed by atoms with van der Waals surface area (Å²) in [5.74, 6) is 0.380. The summed E-state index contributed by atoms with van der Waals surface area (Å²) in [7, 11) is 0. The van der Waals surface area contributed by atoms with Gasteiger partial charge >= 0.3 is 0 Å². The summed E-state index contributed by atoms with van der Waals surface area (Å²) < 4.78 is 15.1. The van der Waals surface area contributed by atoms with Gasteiger partial charge in [-0.05, 0) is 49.4 Å². The summed E-state index contributed by atoms with van der Waals surface area (Å²) >= 11 is 0. The molecule has 0 aliphatic heterocycles. The zero-order valence-corrected chi connectivity index (χ0v) is 21.1. The van der Waals surface area contributed by atoms with E-state index in [2.05, 4.69) is 24.3 Å². The van der Waals surface area contributed by atoms with Crippen LogP contribution in [0.5, 0.6) is 0 Å². The second-order valence-electron chi connectivity index (χ2n) is 9.99. The fourth-order valence-electron chi connectivity index (χ4n) is 4.64. The van der Waals surface area contributed by atoms with Gasteiger partial charge in [-0.2, -0.15) is 5.10 Å². The number of halogens is 1. The number of anilines is 1. The molecule has 0 unspecified atom stereocenters. The van der Waals surface area contributed by atoms with Crippen molar-refractivity contribution in [1.82, 2.24) is 14.7 Å². The Morgan fingerprint density at radius 1 is 1.06 bits per heavy atom. The molecule has 1 aliphatic carbocycles. The summed E-state index contributed by atoms with van der Waals surface area (Å²) in [6, 6.07) is 17.4. The summed E-state index contributed by atoms with van der Waals surface area (Å²) in [6.07, 6.45) is 5.96. The summed E-state index contributed by atoms with van der Waals surface area (Å²) in [5, 5.41) is 7.64. The van der Waals surface area contributed by atoms with Gasteiger partial charge in [0.2, 0.25) is 11.8 Å². The average molecular weight is 491 g/mol. The van der Waals surface area contributed by atoms with Crippen molar-refractivity contribution in [3.8, 4) is 16.9 Å². The Labute approximate surface area is 212 Å². The number of carbonyl (C=O) groups is 2. The number of rotatable bonds is 9. The van der Waals surface area contributed by atoms with Gasteiger partial charge in [-0.1, -0.05) is 63.4 Å². The van der Waals surface area contributed by atoms with Crippen molar-refractivity contribution in [3.63, 3.8) is 0 Å². The van der Waals surface area contributed by atoms with Gasteiger partial charge in [0.25, 0.3) is 0 Å². The number of nitrogens with one attached hydrogen (secondary N) is 1. The van der Waals surface area contributed by atoms with Crippen LogP contribution in [0.1, 0.15) is 52.4 Å². The minimum Gasteiger partial charge on any atom is -0.333 e. The standard InChI is InChI=1S/C29H35FN4O2/c1-21(2)17-18-33(29(36)23-11-7-4-8-12-23)20-28(35)31-27-19-26(22-9-5-3-6-10-22)32-34(27)25-15-13-24(30)14-16-25/h3,5-6,9-10,13-16,19,21,23H,4,7-8,11-12,17-18,20H2,1-2H3,(H,31,35). The number of nitrogens with zero attached hydrogens (tertiary/aromatic N) is 3. The highest BCUT2D eigenvalue weighted by Crippen LogP contribution is 2.27. The van der Waals surface area contributed by atoms with E-state index in [0.29, 0.717) is 29.7 Å². The van der Waals surface area contributed by atoms with Gasteiger partial charge in [-0.25, -0.2) is 9.07 Å². The molecule has 2 aromatic carbocycles. The lowest BCUT2D eigenvalue weighted by Gasteiger charge is -2.29. The van der Waals surface area contributed by atoms with Crippen LogP contribution < -0.4 is 5.32 Å². The molecule has 0 spiro atoms. The van der Waals surface area contributed by atoms with E-state index in [1.165, 1.54) is 18.6 Å². The van der Waals surface area contributed by atoms with Crippen molar-refractivity contribution < 1.29 is 14.0 Å². The molecule has 6 nitrogen and oxygen atoms in total. The molecule has 1 aromatic heterocycles. The van der Waals surface area contributed by atoms with Crippen molar-refractivity contribution in [2.45, 2.75) is 52.4 Å². The maximum Gasteiger partial charge on any atom is 0.245 e. The van der Waals surface area contributed by atoms with Gasteiger partial charge in [-0.15, -0.1) is 0 Å². The molecule has 0 saturated heterocycles. The molecule has 7 heteroatoms. The first-order valence-electron chi connectivity index (χ1n) is 12.9. The predicted molar refractivity (Wildman–Crippen MR) is 140 cm³/mol. The Morgan fingerprint density at radius 3 is 2.42 bits per heavy atom. The Bertz CT molecular complexity index is 1150. The molecular weight excluding hydrogens is 455 g/mol. The third kappa shape index (κ3) is 6.59. The molecular formula is C29H35FN4O2. The van der Waals surface area contributed by atoms with E-state index in [1.54, 1.807) is 27.8 Å². The molecule has 0 bridgehead atoms. The fraction of sp³-hybridized carbons (Fsp3) is 0.414. The minimum atomic E-state index is -0.346. The van der Waals surface area contributed by atoms with Crippen LogP contribution in [-0.2, 0) is 9.59 Å². The topological polar surface area (TPSA) is 67.2 Å². The third-order valence-electron chi connectivity index (χ3n) is 6.69. The van der Waals surface area contributed by atoms with Crippen LogP contribution in [0.4, 0.5) is 10.2 Å². The zero-order valence-electron chi connectivity index (χ0n) is 21.1. The van der Waals surface area contributed by atoms with E-state index in [4.69, 9.17) is 0 Å². The van der Waals surface area contributed by atoms with Crippen LogP contribution in [0, 0.1) is 17.7 Å². The smallest absolute Gasteiger partial charge is 0.245 e. The lowest BCUT2D eigenvalue weighted by atomic mass is 9.88. The number of amides is 2. The monoisotopic (exact) mass is 490 g/mol. The van der Waals surface area contributed by atoms with Crippen molar-refractivity contribution >= 4 is 17.6 Å². The predicted octanol–water partition coefficient (Wildman–Crippen LogP) is 6.07. The van der Waals surface area contributed by atoms with Crippen molar-refractivity contribution in [3.05, 3.63) is 66.5 Å². The molecule has 1 saturated carbocycles. The second-order valence-corrected chi connectivity index (χ2v) is 9.99. The molecule has 1 heterocycles. The van der Waals surface area contributed by atoms with Crippen LogP contribution in [0.2, 0.25) is 0 Å². The number of benzene rings is 2. The second kappa shape index (κ2) is 12.0. The Kier molecular flexibility index (Phi) is 8.52. The highest BCUT2D eigenvalue weighted by molar-refractivity contribution is 5.95. The van der Waals surface area contributed by atoms with E-state index in [-0.39, 0.29) is 30.1 Å². The maximum absolute atomic E-state index is 13.5. The SMILES string of the molecule is CC(C)CCN(CC(=O)Nc1cc(-c2ccccc2)nn1-c1ccc(F)cc1)C(=O)C1CCCCC1. The Balaban J connectivity index is 1.56. The summed E-state index contributed by atoms with van der Waals surface area (Å²) in [5.41, 5.74) is 2.22. The molecule has 2 amide bonds. The number of hydrogen-bond acceptors (Lipinski definition) is 3. The summed E-state index contributed by atoms with van der Waals surface area (Å²) in [6.45, 7) is 4.80. The van der Waals surface area contributed by atoms with Gasteiger partial charge in [0.1, 0.15) is 11.6 Å². The lowest BCUT2D eigenvalue weighted by Crippen LogP contribution is -2.42. The normalized spacial score (nSPS) is 14.1. The van der Waals surface area contributed by atoms with Crippen LogP contribution in [0.25, 0.3) is 16.9 Å². The van der Waals surface area contributed by atoms with Gasteiger partial charge in [0, 0.05) is 24.1 Å². The first-order chi connectivity index (χ1) is 17.4. The molecule has 1 aliphatic rings.